The summed E-state index contributed by atoms with van der Waals surface area (Å²) in [5.41, 5.74) is 0. The Morgan fingerprint density at radius 1 is 0.269 bits per heavy atom. The first-order valence-corrected chi connectivity index (χ1v) is 33.6. The van der Waals surface area contributed by atoms with Crippen LogP contribution in [0.2, 0.25) is 0 Å². The van der Waals surface area contributed by atoms with Gasteiger partial charge < -0.3 is 14.2 Å². The van der Waals surface area contributed by atoms with E-state index >= 15 is 0 Å². The monoisotopic (exact) mass is 1090 g/mol. The van der Waals surface area contributed by atoms with Gasteiger partial charge in [0.2, 0.25) is 0 Å². The highest BCUT2D eigenvalue weighted by Gasteiger charge is 2.19. The highest BCUT2D eigenvalue weighted by molar-refractivity contribution is 5.71. The summed E-state index contributed by atoms with van der Waals surface area (Å²) in [6.45, 7) is 6.54. The van der Waals surface area contributed by atoms with Crippen molar-refractivity contribution in [2.45, 2.75) is 341 Å². The smallest absolute Gasteiger partial charge is 0.306 e. The second kappa shape index (κ2) is 66.1. The number of unbranched alkanes of at least 4 members (excludes halogenated alkanes) is 36. The summed E-state index contributed by atoms with van der Waals surface area (Å²) in [7, 11) is 0. The zero-order valence-electron chi connectivity index (χ0n) is 51.7. The van der Waals surface area contributed by atoms with Crippen molar-refractivity contribution in [1.82, 2.24) is 0 Å². The van der Waals surface area contributed by atoms with Gasteiger partial charge in [-0.3, -0.25) is 14.4 Å². The SMILES string of the molecule is CC/C=C\C/C=C\C/C=C\C/C=C\C/C=C\CCCCCCCCCCCCCCCC(=O)OCC(COC(=O)CCCCCCCCCCCCCCCC)OC(=O)CCCCCCCCC/C=C\C/C=C\CCCCC. The van der Waals surface area contributed by atoms with Crippen LogP contribution in [-0.4, -0.2) is 37.2 Å². The Morgan fingerprint density at radius 2 is 0.500 bits per heavy atom. The largest absolute Gasteiger partial charge is 0.462 e. The topological polar surface area (TPSA) is 78.9 Å². The summed E-state index contributed by atoms with van der Waals surface area (Å²) in [4.78, 5) is 38.4. The lowest BCUT2D eigenvalue weighted by Gasteiger charge is -2.18. The van der Waals surface area contributed by atoms with E-state index in [0.29, 0.717) is 19.3 Å². The second-order valence-corrected chi connectivity index (χ2v) is 22.4. The van der Waals surface area contributed by atoms with Crippen LogP contribution < -0.4 is 0 Å². The van der Waals surface area contributed by atoms with Crippen LogP contribution in [0, 0.1) is 0 Å². The molecule has 0 heterocycles. The molecule has 0 radical (unpaired) electrons. The van der Waals surface area contributed by atoms with Crippen molar-refractivity contribution in [2.75, 3.05) is 13.2 Å². The Balaban J connectivity index is 4.26. The fraction of sp³-hybridized carbons (Fsp3) is 0.764. The molecule has 1 atom stereocenters. The fourth-order valence-corrected chi connectivity index (χ4v) is 9.62. The molecule has 0 bridgehead atoms. The van der Waals surface area contributed by atoms with Gasteiger partial charge in [0.25, 0.3) is 0 Å². The lowest BCUT2D eigenvalue weighted by atomic mass is 10.0. The molecule has 0 saturated heterocycles. The molecule has 0 fully saturated rings. The summed E-state index contributed by atoms with van der Waals surface area (Å²) >= 11 is 0. The first-order valence-electron chi connectivity index (χ1n) is 33.6. The van der Waals surface area contributed by atoms with Crippen LogP contribution in [0.3, 0.4) is 0 Å². The molecule has 0 aromatic rings. The van der Waals surface area contributed by atoms with Crippen molar-refractivity contribution in [1.29, 1.82) is 0 Å². The van der Waals surface area contributed by atoms with Crippen molar-refractivity contribution >= 4 is 17.9 Å². The molecule has 0 amide bonds. The van der Waals surface area contributed by atoms with E-state index < -0.39 is 6.10 Å². The van der Waals surface area contributed by atoms with Crippen LogP contribution in [0.4, 0.5) is 0 Å². The first-order chi connectivity index (χ1) is 38.5. The molecule has 0 aliphatic rings. The van der Waals surface area contributed by atoms with Crippen molar-refractivity contribution in [3.8, 4) is 0 Å². The Morgan fingerprint density at radius 3 is 0.808 bits per heavy atom. The number of esters is 3. The molecule has 0 aliphatic heterocycles. The number of hydrogen-bond acceptors (Lipinski definition) is 6. The van der Waals surface area contributed by atoms with E-state index in [1.54, 1.807) is 0 Å². The number of ether oxygens (including phenoxy) is 3. The van der Waals surface area contributed by atoms with Gasteiger partial charge in [-0.15, -0.1) is 0 Å². The van der Waals surface area contributed by atoms with Gasteiger partial charge in [-0.25, -0.2) is 0 Å². The van der Waals surface area contributed by atoms with Gasteiger partial charge in [0.1, 0.15) is 13.2 Å². The van der Waals surface area contributed by atoms with E-state index in [-0.39, 0.29) is 31.1 Å². The van der Waals surface area contributed by atoms with Crippen molar-refractivity contribution < 1.29 is 28.6 Å². The lowest BCUT2D eigenvalue weighted by molar-refractivity contribution is -0.167. The summed E-state index contributed by atoms with van der Waals surface area (Å²) in [5.74, 6) is -0.868. The third-order valence-electron chi connectivity index (χ3n) is 14.6. The number of carbonyl (C=O) groups excluding carboxylic acids is 3. The van der Waals surface area contributed by atoms with Crippen LogP contribution in [0.5, 0.6) is 0 Å². The van der Waals surface area contributed by atoms with Gasteiger partial charge in [0.05, 0.1) is 0 Å². The molecule has 0 aromatic heterocycles. The van der Waals surface area contributed by atoms with Gasteiger partial charge >= 0.3 is 17.9 Å². The maximum atomic E-state index is 12.9. The molecule has 6 nitrogen and oxygen atoms in total. The average molecular weight is 1090 g/mol. The molecular formula is C72H126O6. The van der Waals surface area contributed by atoms with E-state index in [2.05, 4.69) is 106 Å². The maximum Gasteiger partial charge on any atom is 0.306 e. The van der Waals surface area contributed by atoms with Crippen LogP contribution in [-0.2, 0) is 28.6 Å². The predicted octanol–water partition coefficient (Wildman–Crippen LogP) is 23.1. The summed E-state index contributed by atoms with van der Waals surface area (Å²) < 4.78 is 17.0. The summed E-state index contributed by atoms with van der Waals surface area (Å²) in [5, 5.41) is 0. The zero-order chi connectivity index (χ0) is 56.4. The van der Waals surface area contributed by atoms with Gasteiger partial charge in [-0.2, -0.15) is 0 Å². The molecule has 0 aromatic carbocycles. The molecule has 1 unspecified atom stereocenters. The molecular weight excluding hydrogens is 961 g/mol. The highest BCUT2D eigenvalue weighted by atomic mass is 16.6. The van der Waals surface area contributed by atoms with Gasteiger partial charge in [-0.1, -0.05) is 305 Å². The lowest BCUT2D eigenvalue weighted by Crippen LogP contribution is -2.30. The number of rotatable bonds is 61. The maximum absolute atomic E-state index is 12.9. The highest BCUT2D eigenvalue weighted by Crippen LogP contribution is 2.17. The van der Waals surface area contributed by atoms with Gasteiger partial charge in [0, 0.05) is 19.3 Å². The molecule has 0 aliphatic carbocycles. The third kappa shape index (κ3) is 63.4. The normalized spacial score (nSPS) is 12.6. The molecule has 6 heteroatoms. The minimum absolute atomic E-state index is 0.0756. The predicted molar refractivity (Wildman–Crippen MR) is 339 cm³/mol. The van der Waals surface area contributed by atoms with E-state index in [4.69, 9.17) is 14.2 Å². The van der Waals surface area contributed by atoms with Gasteiger partial charge in [0.15, 0.2) is 6.10 Å². The Bertz CT molecular complexity index is 1480. The third-order valence-corrected chi connectivity index (χ3v) is 14.6. The molecule has 0 spiro atoms. The summed E-state index contributed by atoms with van der Waals surface area (Å²) in [6.07, 6.45) is 87.4. The summed E-state index contributed by atoms with van der Waals surface area (Å²) in [6, 6.07) is 0. The van der Waals surface area contributed by atoms with Crippen LogP contribution in [0.1, 0.15) is 335 Å². The molecule has 0 saturated carbocycles. The number of carbonyl (C=O) groups is 3. The standard InChI is InChI=1S/C72H126O6/c1-4-7-10-13-16-19-22-25-28-30-31-32-33-34-35-36-37-38-39-40-41-43-44-47-50-53-56-59-62-65-71(74)77-68-69(67-76-70(73)64-61-58-55-52-49-46-27-24-21-18-15-12-9-6-3)78-72(75)66-63-60-57-54-51-48-45-42-29-26-23-20-17-14-11-8-5-2/h7,10,16-17,19-20,25-26,28-29,31-32,34-35,69H,4-6,8-9,11-15,18,21-24,27,30,33,36-68H2,1-3H3/b10-7-,19-16-,20-17-,28-25-,29-26-,32-31-,35-34-. The minimum atomic E-state index is -0.780. The Kier molecular flexibility index (Phi) is 63.2. The van der Waals surface area contributed by atoms with Crippen LogP contribution in [0.15, 0.2) is 85.1 Å². The average Bonchev–Trinajstić information content (AvgIpc) is 3.44. The van der Waals surface area contributed by atoms with Crippen molar-refractivity contribution in [2.24, 2.45) is 0 Å². The fourth-order valence-electron chi connectivity index (χ4n) is 9.62. The van der Waals surface area contributed by atoms with E-state index in [1.165, 1.54) is 193 Å². The number of allylic oxidation sites excluding steroid dienone is 14. The van der Waals surface area contributed by atoms with Crippen LogP contribution >= 0.6 is 0 Å². The van der Waals surface area contributed by atoms with E-state index in [0.717, 1.165) is 103 Å². The molecule has 450 valence electrons. The molecule has 0 rings (SSSR count). The molecule has 78 heavy (non-hydrogen) atoms. The Hall–Kier alpha value is -3.41. The second-order valence-electron chi connectivity index (χ2n) is 22.4. The molecule has 0 N–H and O–H groups in total. The number of hydrogen-bond donors (Lipinski definition) is 0. The first kappa shape index (κ1) is 74.6. The van der Waals surface area contributed by atoms with E-state index in [1.807, 2.05) is 0 Å². The van der Waals surface area contributed by atoms with E-state index in [9.17, 15) is 14.4 Å². The van der Waals surface area contributed by atoms with Gasteiger partial charge in [-0.05, 0) is 96.3 Å². The van der Waals surface area contributed by atoms with Crippen molar-refractivity contribution in [3.05, 3.63) is 85.1 Å². The van der Waals surface area contributed by atoms with Crippen molar-refractivity contribution in [3.63, 3.8) is 0 Å². The van der Waals surface area contributed by atoms with Crippen LogP contribution in [0.25, 0.3) is 0 Å². The minimum Gasteiger partial charge on any atom is -0.462 e. The quantitative estimate of drug-likeness (QED) is 0.0261. The Labute approximate surface area is 484 Å². The zero-order valence-corrected chi connectivity index (χ0v) is 51.7.